The van der Waals surface area contributed by atoms with Gasteiger partial charge in [-0.2, -0.15) is 0 Å². The van der Waals surface area contributed by atoms with Gasteiger partial charge >= 0.3 is 0 Å². The largest absolute Gasteiger partial charge is 0.493 e. The second-order valence-corrected chi connectivity index (χ2v) is 6.27. The second kappa shape index (κ2) is 4.74. The smallest absolute Gasteiger partial charge is 0.210 e. The summed E-state index contributed by atoms with van der Waals surface area (Å²) in [7, 11) is 1.63. The molecule has 2 unspecified atom stereocenters. The zero-order valence-corrected chi connectivity index (χ0v) is 12.5. The number of nitrogens with zero attached hydrogens (tertiary/aromatic N) is 1. The van der Waals surface area contributed by atoms with Crippen LogP contribution in [0.5, 0.6) is 11.5 Å². The van der Waals surface area contributed by atoms with Gasteiger partial charge in [0.15, 0.2) is 11.5 Å². The highest BCUT2D eigenvalue weighted by atomic mass is 16.5. The molecule has 4 rings (SSSR count). The molecule has 5 nitrogen and oxygen atoms in total. The van der Waals surface area contributed by atoms with Crippen molar-refractivity contribution in [1.82, 2.24) is 4.90 Å². The van der Waals surface area contributed by atoms with E-state index in [-0.39, 0.29) is 11.5 Å². The lowest BCUT2D eigenvalue weighted by molar-refractivity contribution is -0.118. The summed E-state index contributed by atoms with van der Waals surface area (Å²) >= 11 is 0. The summed E-state index contributed by atoms with van der Waals surface area (Å²) in [4.78, 5) is 13.1. The van der Waals surface area contributed by atoms with Crippen molar-refractivity contribution in [3.8, 4) is 11.5 Å². The van der Waals surface area contributed by atoms with Crippen molar-refractivity contribution in [2.24, 2.45) is 0 Å². The number of aliphatic hydroxyl groups is 1. The van der Waals surface area contributed by atoms with E-state index in [2.05, 4.69) is 6.08 Å². The first-order valence-electron chi connectivity index (χ1n) is 7.62. The van der Waals surface area contributed by atoms with Crippen LogP contribution in [-0.4, -0.2) is 42.3 Å². The predicted octanol–water partition coefficient (Wildman–Crippen LogP) is 1.38. The third-order valence-corrected chi connectivity index (χ3v) is 5.13. The number of benzene rings is 1. The Balaban J connectivity index is 1.94. The summed E-state index contributed by atoms with van der Waals surface area (Å²) in [6.45, 7) is 1.27. The highest BCUT2D eigenvalue weighted by Gasteiger charge is 2.52. The van der Waals surface area contributed by atoms with E-state index in [0.717, 1.165) is 35.5 Å². The van der Waals surface area contributed by atoms with Crippen molar-refractivity contribution in [3.63, 3.8) is 0 Å². The summed E-state index contributed by atoms with van der Waals surface area (Å²) in [6, 6.07) is 3.92. The van der Waals surface area contributed by atoms with E-state index in [1.54, 1.807) is 12.0 Å². The molecule has 0 bridgehead atoms. The van der Waals surface area contributed by atoms with Gasteiger partial charge in [0.1, 0.15) is 6.10 Å². The Hall–Kier alpha value is -2.01. The average Bonchev–Trinajstić information content (AvgIpc) is 2.76. The third-order valence-electron chi connectivity index (χ3n) is 5.13. The van der Waals surface area contributed by atoms with Crippen LogP contribution in [0.3, 0.4) is 0 Å². The molecule has 3 atom stereocenters. The maximum absolute atomic E-state index is 11.3. The summed E-state index contributed by atoms with van der Waals surface area (Å²) in [5.74, 6) is 1.49. The monoisotopic (exact) mass is 301 g/mol. The Labute approximate surface area is 129 Å². The van der Waals surface area contributed by atoms with E-state index in [1.807, 2.05) is 18.2 Å². The van der Waals surface area contributed by atoms with Crippen LogP contribution in [0.2, 0.25) is 0 Å². The van der Waals surface area contributed by atoms with Crippen molar-refractivity contribution in [1.29, 1.82) is 0 Å². The van der Waals surface area contributed by atoms with E-state index in [0.29, 0.717) is 19.5 Å². The summed E-state index contributed by atoms with van der Waals surface area (Å²) in [6.07, 6.45) is 5.62. The topological polar surface area (TPSA) is 59.0 Å². The number of carbonyl (C=O) groups is 1. The zero-order valence-electron chi connectivity index (χ0n) is 12.5. The third kappa shape index (κ3) is 1.72. The molecule has 5 heteroatoms. The molecule has 3 aliphatic rings. The van der Waals surface area contributed by atoms with Crippen molar-refractivity contribution < 1.29 is 19.4 Å². The van der Waals surface area contributed by atoms with E-state index in [9.17, 15) is 9.90 Å². The molecule has 0 fully saturated rings. The fourth-order valence-corrected chi connectivity index (χ4v) is 4.05. The minimum atomic E-state index is -0.482. The Morgan fingerprint density at radius 3 is 3.14 bits per heavy atom. The molecular formula is C17H19NO4. The molecule has 0 saturated carbocycles. The summed E-state index contributed by atoms with van der Waals surface area (Å²) in [5.41, 5.74) is 1.96. The van der Waals surface area contributed by atoms with Crippen LogP contribution in [-0.2, 0) is 16.8 Å². The summed E-state index contributed by atoms with van der Waals surface area (Å²) in [5, 5.41) is 9.96. The molecule has 1 spiro atoms. The van der Waals surface area contributed by atoms with Crippen molar-refractivity contribution in [2.45, 2.75) is 37.0 Å². The zero-order chi connectivity index (χ0) is 15.3. The van der Waals surface area contributed by atoms with Crippen LogP contribution in [0.4, 0.5) is 0 Å². The highest BCUT2D eigenvalue weighted by Crippen LogP contribution is 2.55. The van der Waals surface area contributed by atoms with E-state index < -0.39 is 6.10 Å². The quantitative estimate of drug-likeness (QED) is 0.662. The standard InChI is InChI=1S/C17H19NO4/c1-21-13-3-2-11-9-18(10-19)7-6-17-5-4-12(20)8-14(17)22-16(13)15(11)17/h2-5,10,12,14,20H,6-9H2,1H3/t12-,14?,17?/m0/s1. The first kappa shape index (κ1) is 13.6. The highest BCUT2D eigenvalue weighted by molar-refractivity contribution is 5.62. The molecule has 1 amide bonds. The van der Waals surface area contributed by atoms with E-state index in [4.69, 9.17) is 9.47 Å². The first-order valence-corrected chi connectivity index (χ1v) is 7.62. The van der Waals surface area contributed by atoms with Gasteiger partial charge in [-0.25, -0.2) is 0 Å². The maximum atomic E-state index is 11.3. The lowest BCUT2D eigenvalue weighted by atomic mass is 9.69. The molecule has 2 heterocycles. The number of hydrogen-bond acceptors (Lipinski definition) is 4. The van der Waals surface area contributed by atoms with Gasteiger partial charge < -0.3 is 19.5 Å². The SMILES string of the molecule is COc1ccc2c3c1OC1C[C@@H](O)C=CC31CCN(C=O)C2. The second-order valence-electron chi connectivity index (χ2n) is 6.27. The first-order chi connectivity index (χ1) is 10.7. The minimum absolute atomic E-state index is 0.107. The van der Waals surface area contributed by atoms with Crippen LogP contribution in [0.25, 0.3) is 0 Å². The van der Waals surface area contributed by atoms with Crippen molar-refractivity contribution in [2.75, 3.05) is 13.7 Å². The van der Waals surface area contributed by atoms with Gasteiger partial charge in [0, 0.05) is 25.1 Å². The molecule has 1 aliphatic carbocycles. The molecular weight excluding hydrogens is 282 g/mol. The number of aliphatic hydroxyl groups excluding tert-OH is 1. The van der Waals surface area contributed by atoms with Gasteiger partial charge in [0.25, 0.3) is 0 Å². The molecule has 2 aliphatic heterocycles. The Bertz CT molecular complexity index is 656. The van der Waals surface area contributed by atoms with Crippen LogP contribution in [0.15, 0.2) is 24.3 Å². The molecule has 1 aromatic rings. The van der Waals surface area contributed by atoms with E-state index >= 15 is 0 Å². The van der Waals surface area contributed by atoms with Gasteiger partial charge in [0.05, 0.1) is 18.6 Å². The van der Waals surface area contributed by atoms with E-state index in [1.165, 1.54) is 0 Å². The number of methoxy groups -OCH3 is 1. The fourth-order valence-electron chi connectivity index (χ4n) is 4.05. The van der Waals surface area contributed by atoms with Gasteiger partial charge in [-0.3, -0.25) is 4.79 Å². The van der Waals surface area contributed by atoms with Crippen LogP contribution >= 0.6 is 0 Å². The number of carbonyl (C=O) groups excluding carboxylic acids is 1. The van der Waals surface area contributed by atoms with Gasteiger partial charge in [-0.1, -0.05) is 18.2 Å². The molecule has 22 heavy (non-hydrogen) atoms. The van der Waals surface area contributed by atoms with Gasteiger partial charge in [0.2, 0.25) is 6.41 Å². The molecule has 116 valence electrons. The van der Waals surface area contributed by atoms with Crippen LogP contribution in [0.1, 0.15) is 24.0 Å². The maximum Gasteiger partial charge on any atom is 0.210 e. The number of rotatable bonds is 2. The number of amides is 1. The van der Waals surface area contributed by atoms with Crippen molar-refractivity contribution in [3.05, 3.63) is 35.4 Å². The van der Waals surface area contributed by atoms with Crippen LogP contribution in [0, 0.1) is 0 Å². The Morgan fingerprint density at radius 1 is 1.50 bits per heavy atom. The molecule has 1 N–H and O–H groups in total. The Kier molecular flexibility index (Phi) is 2.94. The minimum Gasteiger partial charge on any atom is -0.493 e. The number of ether oxygens (including phenoxy) is 2. The lowest BCUT2D eigenvalue weighted by Crippen LogP contribution is -2.42. The molecule has 0 aromatic heterocycles. The summed E-state index contributed by atoms with van der Waals surface area (Å²) < 4.78 is 11.7. The normalized spacial score (nSPS) is 31.8. The predicted molar refractivity (Wildman–Crippen MR) is 79.9 cm³/mol. The average molecular weight is 301 g/mol. The van der Waals surface area contributed by atoms with Gasteiger partial charge in [-0.05, 0) is 18.1 Å². The van der Waals surface area contributed by atoms with Crippen molar-refractivity contribution >= 4 is 6.41 Å². The van der Waals surface area contributed by atoms with Gasteiger partial charge in [-0.15, -0.1) is 0 Å². The lowest BCUT2D eigenvalue weighted by Gasteiger charge is -2.35. The molecule has 0 saturated heterocycles. The fraction of sp³-hybridized carbons (Fsp3) is 0.471. The molecule has 0 radical (unpaired) electrons. The number of hydrogen-bond donors (Lipinski definition) is 1. The van der Waals surface area contributed by atoms with Crippen LogP contribution < -0.4 is 9.47 Å². The molecule has 1 aromatic carbocycles. The Morgan fingerprint density at radius 2 is 2.36 bits per heavy atom.